The van der Waals surface area contributed by atoms with Crippen LogP contribution in [-0.2, 0) is 13.2 Å². The van der Waals surface area contributed by atoms with Crippen molar-refractivity contribution in [2.45, 2.75) is 27.0 Å². The summed E-state index contributed by atoms with van der Waals surface area (Å²) < 4.78 is 6.92. The number of fused-ring (bicyclic) bond motifs is 1. The Morgan fingerprint density at radius 3 is 2.55 bits per heavy atom. The van der Waals surface area contributed by atoms with Gasteiger partial charge in [-0.2, -0.15) is 5.10 Å². The van der Waals surface area contributed by atoms with E-state index in [-0.39, 0.29) is 17.9 Å². The molecule has 0 bridgehead atoms. The summed E-state index contributed by atoms with van der Waals surface area (Å²) in [7, 11) is 0. The zero-order valence-electron chi connectivity index (χ0n) is 18.0. The average molecular weight is 464 g/mol. The van der Waals surface area contributed by atoms with Crippen LogP contribution >= 0.6 is 11.3 Å². The standard InChI is InChI=1S/C23H21N5O4S/c1-3-28-23(31)19-10-5-4-9-18(19)20(27-28)22(30)26-25-21(29)15-7-6-8-17(11-15)32-12-16-13-33-14(2)24-16/h4-11,13H,3,12H2,1-2H3,(H,25,29)(H,26,30). The SMILES string of the molecule is CCn1nc(C(=O)NNC(=O)c2cccc(OCc3csc(C)n3)c2)c2ccccc2c1=O. The number of carbonyl (C=O) groups excluding carboxylic acids is 2. The molecule has 2 amide bonds. The van der Waals surface area contributed by atoms with Crippen molar-refractivity contribution >= 4 is 33.9 Å². The minimum Gasteiger partial charge on any atom is -0.487 e. The minimum absolute atomic E-state index is 0.0444. The summed E-state index contributed by atoms with van der Waals surface area (Å²) in [6.45, 7) is 4.28. The third-order valence-corrected chi connectivity index (χ3v) is 5.64. The van der Waals surface area contributed by atoms with Crippen molar-refractivity contribution in [3.63, 3.8) is 0 Å². The van der Waals surface area contributed by atoms with E-state index in [9.17, 15) is 14.4 Å². The highest BCUT2D eigenvalue weighted by molar-refractivity contribution is 7.09. The molecule has 2 aromatic heterocycles. The number of aryl methyl sites for hydroxylation is 2. The van der Waals surface area contributed by atoms with Crippen LogP contribution < -0.4 is 21.1 Å². The normalized spacial score (nSPS) is 10.7. The molecule has 0 fully saturated rings. The van der Waals surface area contributed by atoms with Crippen molar-refractivity contribution in [2.24, 2.45) is 0 Å². The molecule has 4 aromatic rings. The lowest BCUT2D eigenvalue weighted by molar-refractivity contribution is 0.0843. The molecular weight excluding hydrogens is 442 g/mol. The fourth-order valence-electron chi connectivity index (χ4n) is 3.22. The van der Waals surface area contributed by atoms with E-state index in [4.69, 9.17) is 4.74 Å². The van der Waals surface area contributed by atoms with Crippen LogP contribution in [0.4, 0.5) is 0 Å². The molecule has 168 valence electrons. The summed E-state index contributed by atoms with van der Waals surface area (Å²) in [5, 5.41) is 7.81. The maximum Gasteiger partial charge on any atom is 0.290 e. The van der Waals surface area contributed by atoms with E-state index in [1.807, 2.05) is 12.3 Å². The molecule has 2 N–H and O–H groups in total. The van der Waals surface area contributed by atoms with Crippen LogP contribution in [0.5, 0.6) is 5.75 Å². The number of hydrogen-bond donors (Lipinski definition) is 2. The molecule has 0 unspecified atom stereocenters. The minimum atomic E-state index is -0.631. The van der Waals surface area contributed by atoms with Crippen molar-refractivity contribution in [2.75, 3.05) is 0 Å². The van der Waals surface area contributed by atoms with Crippen molar-refractivity contribution in [1.82, 2.24) is 25.6 Å². The second kappa shape index (κ2) is 9.61. The van der Waals surface area contributed by atoms with Gasteiger partial charge in [0, 0.05) is 22.9 Å². The molecule has 0 aliphatic heterocycles. The highest BCUT2D eigenvalue weighted by atomic mass is 32.1. The second-order valence-corrected chi connectivity index (χ2v) is 8.16. The zero-order chi connectivity index (χ0) is 23.4. The number of ether oxygens (including phenoxy) is 1. The van der Waals surface area contributed by atoms with E-state index in [0.717, 1.165) is 10.7 Å². The quantitative estimate of drug-likeness (QED) is 0.425. The lowest BCUT2D eigenvalue weighted by Crippen LogP contribution is -2.42. The summed E-state index contributed by atoms with van der Waals surface area (Å²) in [6, 6.07) is 13.3. The van der Waals surface area contributed by atoms with Gasteiger partial charge in [0.25, 0.3) is 17.4 Å². The molecule has 0 saturated carbocycles. The van der Waals surface area contributed by atoms with Gasteiger partial charge in [-0.25, -0.2) is 9.67 Å². The maximum absolute atomic E-state index is 12.8. The van der Waals surface area contributed by atoms with Crippen LogP contribution in [0.25, 0.3) is 10.8 Å². The maximum atomic E-state index is 12.8. The van der Waals surface area contributed by atoms with Gasteiger partial charge in [-0.15, -0.1) is 11.3 Å². The Morgan fingerprint density at radius 1 is 1.06 bits per heavy atom. The van der Waals surface area contributed by atoms with E-state index in [1.54, 1.807) is 55.5 Å². The van der Waals surface area contributed by atoms with Gasteiger partial charge in [0.2, 0.25) is 0 Å². The molecule has 0 aliphatic rings. The number of hydrogen-bond acceptors (Lipinski definition) is 7. The number of amides is 2. The first-order chi connectivity index (χ1) is 16.0. The van der Waals surface area contributed by atoms with Gasteiger partial charge in [-0.05, 0) is 38.1 Å². The first-order valence-corrected chi connectivity index (χ1v) is 11.1. The Kier molecular flexibility index (Phi) is 6.45. The zero-order valence-corrected chi connectivity index (χ0v) is 18.8. The van der Waals surface area contributed by atoms with E-state index >= 15 is 0 Å². The van der Waals surface area contributed by atoms with E-state index < -0.39 is 11.8 Å². The molecule has 0 radical (unpaired) electrons. The Bertz CT molecular complexity index is 1400. The molecule has 0 saturated heterocycles. The van der Waals surface area contributed by atoms with Crippen LogP contribution in [0.1, 0.15) is 38.5 Å². The van der Waals surface area contributed by atoms with Gasteiger partial charge in [-0.3, -0.25) is 25.2 Å². The number of rotatable bonds is 6. The molecule has 0 spiro atoms. The van der Waals surface area contributed by atoms with Crippen molar-refractivity contribution < 1.29 is 14.3 Å². The van der Waals surface area contributed by atoms with Crippen molar-refractivity contribution in [3.8, 4) is 5.75 Å². The van der Waals surface area contributed by atoms with Gasteiger partial charge in [0.1, 0.15) is 12.4 Å². The third kappa shape index (κ3) is 4.90. The number of benzene rings is 2. The molecule has 2 heterocycles. The van der Waals surface area contributed by atoms with E-state index in [2.05, 4.69) is 20.9 Å². The van der Waals surface area contributed by atoms with Crippen LogP contribution in [0.2, 0.25) is 0 Å². The number of hydrazine groups is 1. The topological polar surface area (TPSA) is 115 Å². The largest absolute Gasteiger partial charge is 0.487 e. The van der Waals surface area contributed by atoms with Crippen LogP contribution in [0, 0.1) is 6.92 Å². The molecule has 0 atom stereocenters. The Balaban J connectivity index is 1.45. The summed E-state index contributed by atoms with van der Waals surface area (Å²) in [6.07, 6.45) is 0. The van der Waals surface area contributed by atoms with Gasteiger partial charge >= 0.3 is 0 Å². The number of carbonyl (C=O) groups is 2. The molecule has 4 rings (SSSR count). The van der Waals surface area contributed by atoms with Gasteiger partial charge in [0.05, 0.1) is 16.1 Å². The van der Waals surface area contributed by atoms with Gasteiger partial charge in [0.15, 0.2) is 5.69 Å². The number of aromatic nitrogens is 3. The monoisotopic (exact) mass is 463 g/mol. The highest BCUT2D eigenvalue weighted by Crippen LogP contribution is 2.17. The summed E-state index contributed by atoms with van der Waals surface area (Å²) in [4.78, 5) is 42.1. The molecule has 2 aromatic carbocycles. The van der Waals surface area contributed by atoms with Crippen molar-refractivity contribution in [3.05, 3.63) is 86.2 Å². The lowest BCUT2D eigenvalue weighted by atomic mass is 10.1. The number of nitrogens with zero attached hydrogens (tertiary/aromatic N) is 3. The van der Waals surface area contributed by atoms with Crippen LogP contribution in [0.15, 0.2) is 58.7 Å². The Labute approximate surface area is 193 Å². The summed E-state index contributed by atoms with van der Waals surface area (Å²) in [5.74, 6) is -0.651. The van der Waals surface area contributed by atoms with Gasteiger partial charge in [-0.1, -0.05) is 24.3 Å². The lowest BCUT2D eigenvalue weighted by Gasteiger charge is -2.11. The smallest absolute Gasteiger partial charge is 0.290 e. The summed E-state index contributed by atoms with van der Waals surface area (Å²) in [5.41, 5.74) is 5.64. The molecule has 0 aliphatic carbocycles. The average Bonchev–Trinajstić information content (AvgIpc) is 3.26. The Hall–Kier alpha value is -4.05. The molecule has 9 nitrogen and oxygen atoms in total. The predicted octanol–water partition coefficient (Wildman–Crippen LogP) is 2.84. The van der Waals surface area contributed by atoms with Crippen molar-refractivity contribution in [1.29, 1.82) is 0 Å². The fourth-order valence-corrected chi connectivity index (χ4v) is 3.82. The second-order valence-electron chi connectivity index (χ2n) is 7.10. The van der Waals surface area contributed by atoms with Crippen LogP contribution in [-0.4, -0.2) is 26.6 Å². The first kappa shape index (κ1) is 22.2. The highest BCUT2D eigenvalue weighted by Gasteiger charge is 2.17. The van der Waals surface area contributed by atoms with Gasteiger partial charge < -0.3 is 4.74 Å². The molecular formula is C23H21N5O4S. The third-order valence-electron chi connectivity index (χ3n) is 4.82. The summed E-state index contributed by atoms with van der Waals surface area (Å²) >= 11 is 1.54. The number of thiazole rings is 1. The van der Waals surface area contributed by atoms with E-state index in [0.29, 0.717) is 28.6 Å². The molecule has 10 heteroatoms. The predicted molar refractivity (Wildman–Crippen MR) is 124 cm³/mol. The molecule has 33 heavy (non-hydrogen) atoms. The fraction of sp³-hybridized carbons (Fsp3) is 0.174. The first-order valence-electron chi connectivity index (χ1n) is 10.2. The van der Waals surface area contributed by atoms with Crippen LogP contribution in [0.3, 0.4) is 0 Å². The Morgan fingerprint density at radius 2 is 1.82 bits per heavy atom. The van der Waals surface area contributed by atoms with E-state index in [1.165, 1.54) is 16.0 Å². The number of nitrogens with one attached hydrogen (secondary N) is 2.